The monoisotopic (exact) mass is 465 g/mol. The summed E-state index contributed by atoms with van der Waals surface area (Å²) in [4.78, 5) is 26.4. The molecule has 1 aromatic carbocycles. The summed E-state index contributed by atoms with van der Waals surface area (Å²) < 4.78 is 17.4. The van der Waals surface area contributed by atoms with Crippen LogP contribution in [0.15, 0.2) is 40.4 Å². The Labute approximate surface area is 199 Å². The van der Waals surface area contributed by atoms with E-state index in [0.717, 1.165) is 0 Å². The molecule has 1 amide bonds. The van der Waals surface area contributed by atoms with E-state index in [4.69, 9.17) is 29.9 Å². The van der Waals surface area contributed by atoms with Crippen molar-refractivity contribution < 1.29 is 19.0 Å². The van der Waals surface area contributed by atoms with Crippen LogP contribution in [0.3, 0.4) is 0 Å². The number of nitrogens with zero attached hydrogens (tertiary/aromatic N) is 3. The fourth-order valence-corrected chi connectivity index (χ4v) is 3.60. The van der Waals surface area contributed by atoms with Crippen LogP contribution in [-0.2, 0) is 10.4 Å². The number of hydrogen-bond donors (Lipinski definition) is 2. The molecule has 1 unspecified atom stereocenters. The van der Waals surface area contributed by atoms with Crippen molar-refractivity contribution in [2.45, 2.75) is 59.7 Å². The summed E-state index contributed by atoms with van der Waals surface area (Å²) in [5.74, 6) is 1.80. The molecule has 3 heterocycles. The number of pyridine rings is 1. The van der Waals surface area contributed by atoms with Crippen molar-refractivity contribution in [2.75, 3.05) is 11.9 Å². The minimum absolute atomic E-state index is 0.0242. The molecule has 0 fully saturated rings. The molecule has 180 valence electrons. The quantitative estimate of drug-likeness (QED) is 0.659. The van der Waals surface area contributed by atoms with E-state index in [1.54, 1.807) is 52.1 Å². The second-order valence-corrected chi connectivity index (χ2v) is 10.7. The molecule has 2 aliphatic rings. The second-order valence-electron chi connectivity index (χ2n) is 10.7. The number of ether oxygens (including phenoxy) is 3. The molecule has 4 rings (SSSR count). The van der Waals surface area contributed by atoms with Crippen LogP contribution in [0, 0.1) is 5.41 Å². The lowest BCUT2D eigenvalue weighted by atomic mass is 9.89. The summed E-state index contributed by atoms with van der Waals surface area (Å²) in [7, 11) is 0. The number of carbonyl (C=O) groups is 1. The fraction of sp³-hybridized carbons (Fsp3) is 0.440. The van der Waals surface area contributed by atoms with Crippen LogP contribution >= 0.6 is 0 Å². The molecular formula is C25H31N5O4. The Morgan fingerprint density at radius 1 is 1.12 bits per heavy atom. The van der Waals surface area contributed by atoms with Gasteiger partial charge in [0.15, 0.2) is 0 Å². The van der Waals surface area contributed by atoms with Gasteiger partial charge >= 0.3 is 6.09 Å². The molecule has 2 aromatic rings. The normalized spacial score (nSPS) is 18.9. The molecule has 0 bridgehead atoms. The van der Waals surface area contributed by atoms with Crippen LogP contribution in [0.25, 0.3) is 0 Å². The van der Waals surface area contributed by atoms with Crippen molar-refractivity contribution in [3.05, 3.63) is 41.6 Å². The molecule has 0 radical (unpaired) electrons. The van der Waals surface area contributed by atoms with E-state index in [9.17, 15) is 4.79 Å². The van der Waals surface area contributed by atoms with Gasteiger partial charge in [0, 0.05) is 5.69 Å². The van der Waals surface area contributed by atoms with Crippen LogP contribution in [0.1, 0.15) is 59.6 Å². The molecular weight excluding hydrogens is 434 g/mol. The van der Waals surface area contributed by atoms with Crippen molar-refractivity contribution in [3.63, 3.8) is 0 Å². The standard InChI is InChI=1S/C25H31N5O4/c1-14-20(26)30-25(29-14)17-10-15(28-22(31)34-24(5,6)7)8-9-19(17)33-21-18(25)11-16(12-27-21)32-13-23(2,3)4/h8-12H,13H2,1-7H3,(H2,26,30)(H,28,31). The van der Waals surface area contributed by atoms with E-state index >= 15 is 0 Å². The van der Waals surface area contributed by atoms with Gasteiger partial charge in [0.2, 0.25) is 11.5 Å². The van der Waals surface area contributed by atoms with Gasteiger partial charge in [-0.05, 0) is 57.4 Å². The summed E-state index contributed by atoms with van der Waals surface area (Å²) >= 11 is 0. The number of carbonyl (C=O) groups excluding carboxylic acids is 1. The molecule has 1 aromatic heterocycles. The highest BCUT2D eigenvalue weighted by atomic mass is 16.6. The average Bonchev–Trinajstić information content (AvgIpc) is 3.00. The Morgan fingerprint density at radius 3 is 2.47 bits per heavy atom. The number of aromatic nitrogens is 1. The Balaban J connectivity index is 1.77. The molecule has 0 saturated heterocycles. The Morgan fingerprint density at radius 2 is 1.85 bits per heavy atom. The van der Waals surface area contributed by atoms with Gasteiger partial charge in [0.1, 0.15) is 22.9 Å². The number of aliphatic imine (C=N–C) groups is 2. The van der Waals surface area contributed by atoms with Gasteiger partial charge < -0.3 is 19.9 Å². The van der Waals surface area contributed by atoms with E-state index in [-0.39, 0.29) is 5.41 Å². The van der Waals surface area contributed by atoms with E-state index in [1.165, 1.54) is 0 Å². The van der Waals surface area contributed by atoms with Gasteiger partial charge in [-0.3, -0.25) is 5.32 Å². The molecule has 9 nitrogen and oxygen atoms in total. The number of benzene rings is 1. The molecule has 0 aliphatic carbocycles. The first-order valence-corrected chi connectivity index (χ1v) is 11.1. The lowest BCUT2D eigenvalue weighted by molar-refractivity contribution is 0.0636. The molecule has 34 heavy (non-hydrogen) atoms. The summed E-state index contributed by atoms with van der Waals surface area (Å²) in [5, 5.41) is 2.76. The molecule has 0 saturated carbocycles. The third-order valence-corrected chi connectivity index (χ3v) is 5.06. The van der Waals surface area contributed by atoms with Crippen molar-refractivity contribution in [1.29, 1.82) is 0 Å². The highest BCUT2D eigenvalue weighted by Gasteiger charge is 2.46. The first-order chi connectivity index (χ1) is 15.8. The number of rotatable bonds is 3. The predicted octanol–water partition coefficient (Wildman–Crippen LogP) is 4.99. The number of nitrogens with two attached hydrogens (primary N) is 1. The molecule has 1 atom stereocenters. The van der Waals surface area contributed by atoms with Crippen molar-refractivity contribution >= 4 is 23.3 Å². The minimum atomic E-state index is -1.20. The van der Waals surface area contributed by atoms with Crippen molar-refractivity contribution in [3.8, 4) is 17.4 Å². The summed E-state index contributed by atoms with van der Waals surface area (Å²) in [6.07, 6.45) is 1.06. The van der Waals surface area contributed by atoms with Crippen LogP contribution in [0.2, 0.25) is 0 Å². The average molecular weight is 466 g/mol. The highest BCUT2D eigenvalue weighted by Crippen LogP contribution is 2.52. The first kappa shape index (κ1) is 23.5. The van der Waals surface area contributed by atoms with E-state index in [1.807, 2.05) is 6.07 Å². The zero-order valence-electron chi connectivity index (χ0n) is 20.6. The highest BCUT2D eigenvalue weighted by molar-refractivity contribution is 6.41. The number of anilines is 1. The number of amides is 1. The maximum atomic E-state index is 12.3. The molecule has 3 N–H and O–H groups in total. The van der Waals surface area contributed by atoms with Crippen LogP contribution in [0.5, 0.6) is 17.4 Å². The van der Waals surface area contributed by atoms with Gasteiger partial charge in [0.25, 0.3) is 0 Å². The van der Waals surface area contributed by atoms with Gasteiger partial charge in [-0.25, -0.2) is 19.8 Å². The lowest BCUT2D eigenvalue weighted by Gasteiger charge is -2.32. The number of nitrogens with one attached hydrogen (secondary N) is 1. The molecule has 9 heteroatoms. The summed E-state index contributed by atoms with van der Waals surface area (Å²) in [6, 6.07) is 7.07. The first-order valence-electron chi connectivity index (χ1n) is 11.1. The molecule has 2 aliphatic heterocycles. The van der Waals surface area contributed by atoms with Crippen LogP contribution < -0.4 is 20.5 Å². The Kier molecular flexibility index (Phi) is 5.54. The maximum Gasteiger partial charge on any atom is 0.412 e. The minimum Gasteiger partial charge on any atom is -0.491 e. The van der Waals surface area contributed by atoms with Crippen LogP contribution in [0.4, 0.5) is 10.5 Å². The van der Waals surface area contributed by atoms with Gasteiger partial charge in [-0.1, -0.05) is 20.8 Å². The number of fused-ring (bicyclic) bond motifs is 4. The van der Waals surface area contributed by atoms with Gasteiger partial charge in [0.05, 0.1) is 29.6 Å². The third-order valence-electron chi connectivity index (χ3n) is 5.06. The summed E-state index contributed by atoms with van der Waals surface area (Å²) in [5.41, 5.74) is 6.69. The topological polar surface area (TPSA) is 120 Å². The summed E-state index contributed by atoms with van der Waals surface area (Å²) in [6.45, 7) is 14.0. The SMILES string of the molecule is CC1=NC2(N=C1N)c1cc(NC(=O)OC(C)(C)C)ccc1Oc1ncc(OCC(C)(C)C)cc12. The number of amidine groups is 1. The maximum absolute atomic E-state index is 12.3. The van der Waals surface area contributed by atoms with Crippen LogP contribution in [-0.4, -0.2) is 34.8 Å². The van der Waals surface area contributed by atoms with E-state index in [0.29, 0.717) is 52.3 Å². The number of hydrogen-bond acceptors (Lipinski definition) is 8. The van der Waals surface area contributed by atoms with E-state index in [2.05, 4.69) is 31.1 Å². The predicted molar refractivity (Wildman–Crippen MR) is 131 cm³/mol. The van der Waals surface area contributed by atoms with Gasteiger partial charge in [-0.2, -0.15) is 0 Å². The zero-order valence-corrected chi connectivity index (χ0v) is 20.6. The molecule has 1 spiro atoms. The lowest BCUT2D eigenvalue weighted by Crippen LogP contribution is -2.29. The zero-order chi connectivity index (χ0) is 24.9. The third kappa shape index (κ3) is 4.69. The Bertz CT molecular complexity index is 1190. The smallest absolute Gasteiger partial charge is 0.412 e. The fourth-order valence-electron chi connectivity index (χ4n) is 3.60. The van der Waals surface area contributed by atoms with Crippen molar-refractivity contribution in [2.24, 2.45) is 21.1 Å². The Hall–Kier alpha value is -3.62. The van der Waals surface area contributed by atoms with Crippen molar-refractivity contribution in [1.82, 2.24) is 4.98 Å². The van der Waals surface area contributed by atoms with Gasteiger partial charge in [-0.15, -0.1) is 0 Å². The largest absolute Gasteiger partial charge is 0.491 e. The second kappa shape index (κ2) is 8.00. The van der Waals surface area contributed by atoms with E-state index < -0.39 is 17.4 Å².